The standard InChI is InChI=1S/C14H18FN5/c1-16-9-13-10-20(18-17-13)7-6-19-5-4-11-2-3-12(15)8-14(11)19/h2-3,8,10,16H,4-7,9H2,1H3. The van der Waals surface area contributed by atoms with E-state index in [1.807, 2.05) is 24.0 Å². The van der Waals surface area contributed by atoms with Gasteiger partial charge >= 0.3 is 0 Å². The van der Waals surface area contributed by atoms with Gasteiger partial charge in [0, 0.05) is 31.5 Å². The second-order valence-corrected chi connectivity index (χ2v) is 5.01. The van der Waals surface area contributed by atoms with E-state index in [2.05, 4.69) is 20.5 Å². The van der Waals surface area contributed by atoms with Gasteiger partial charge in [-0.2, -0.15) is 0 Å². The lowest BCUT2D eigenvalue weighted by Gasteiger charge is -2.19. The molecule has 20 heavy (non-hydrogen) atoms. The van der Waals surface area contributed by atoms with Crippen molar-refractivity contribution in [1.82, 2.24) is 20.3 Å². The van der Waals surface area contributed by atoms with Gasteiger partial charge in [0.2, 0.25) is 0 Å². The first-order valence-corrected chi connectivity index (χ1v) is 6.83. The number of halogens is 1. The quantitative estimate of drug-likeness (QED) is 0.890. The molecule has 0 saturated heterocycles. The van der Waals surface area contributed by atoms with Crippen LogP contribution in [0.5, 0.6) is 0 Å². The van der Waals surface area contributed by atoms with E-state index in [1.165, 1.54) is 11.6 Å². The molecule has 0 amide bonds. The first-order valence-electron chi connectivity index (χ1n) is 6.83. The molecule has 0 spiro atoms. The molecule has 106 valence electrons. The maximum atomic E-state index is 13.3. The first kappa shape index (κ1) is 13.1. The molecule has 1 aliphatic rings. The Bertz CT molecular complexity index is 595. The molecule has 1 aliphatic heterocycles. The third-order valence-corrected chi connectivity index (χ3v) is 3.58. The fourth-order valence-corrected chi connectivity index (χ4v) is 2.58. The summed E-state index contributed by atoms with van der Waals surface area (Å²) in [6.07, 6.45) is 2.93. The fourth-order valence-electron chi connectivity index (χ4n) is 2.58. The van der Waals surface area contributed by atoms with Crippen LogP contribution in [0.1, 0.15) is 11.3 Å². The molecule has 0 aliphatic carbocycles. The van der Waals surface area contributed by atoms with Gasteiger partial charge in [0.1, 0.15) is 5.82 Å². The lowest BCUT2D eigenvalue weighted by Crippen LogP contribution is -2.25. The summed E-state index contributed by atoms with van der Waals surface area (Å²) in [5, 5.41) is 11.2. The highest BCUT2D eigenvalue weighted by Gasteiger charge is 2.19. The second-order valence-electron chi connectivity index (χ2n) is 5.01. The highest BCUT2D eigenvalue weighted by Crippen LogP contribution is 2.28. The Labute approximate surface area is 117 Å². The number of fused-ring (bicyclic) bond motifs is 1. The smallest absolute Gasteiger partial charge is 0.125 e. The molecule has 6 heteroatoms. The zero-order chi connectivity index (χ0) is 13.9. The SMILES string of the molecule is CNCc1cn(CCN2CCc3ccc(F)cc32)nn1. The van der Waals surface area contributed by atoms with Crippen molar-refractivity contribution in [3.8, 4) is 0 Å². The average molecular weight is 275 g/mol. The molecule has 0 atom stereocenters. The maximum absolute atomic E-state index is 13.3. The Morgan fingerprint density at radius 2 is 2.25 bits per heavy atom. The molecule has 1 N–H and O–H groups in total. The minimum atomic E-state index is -0.173. The Kier molecular flexibility index (Phi) is 3.64. The summed E-state index contributed by atoms with van der Waals surface area (Å²) in [6.45, 7) is 3.24. The summed E-state index contributed by atoms with van der Waals surface area (Å²) < 4.78 is 15.2. The van der Waals surface area contributed by atoms with Crippen LogP contribution >= 0.6 is 0 Å². The summed E-state index contributed by atoms with van der Waals surface area (Å²) in [5.41, 5.74) is 3.17. The van der Waals surface area contributed by atoms with Crippen LogP contribution in [0.2, 0.25) is 0 Å². The van der Waals surface area contributed by atoms with Gasteiger partial charge in [-0.1, -0.05) is 11.3 Å². The molecule has 2 heterocycles. The number of aromatic nitrogens is 3. The Balaban J connectivity index is 1.63. The molecule has 0 fully saturated rings. The Morgan fingerprint density at radius 1 is 1.35 bits per heavy atom. The van der Waals surface area contributed by atoms with Crippen LogP contribution in [0, 0.1) is 5.82 Å². The van der Waals surface area contributed by atoms with Crippen molar-refractivity contribution in [1.29, 1.82) is 0 Å². The second kappa shape index (κ2) is 5.58. The highest BCUT2D eigenvalue weighted by molar-refractivity contribution is 5.58. The molecular formula is C14H18FN5. The van der Waals surface area contributed by atoms with Gasteiger partial charge < -0.3 is 10.2 Å². The van der Waals surface area contributed by atoms with E-state index in [-0.39, 0.29) is 5.82 Å². The van der Waals surface area contributed by atoms with E-state index in [4.69, 9.17) is 0 Å². The maximum Gasteiger partial charge on any atom is 0.125 e. The molecule has 3 rings (SSSR count). The van der Waals surface area contributed by atoms with Crippen LogP contribution in [0.4, 0.5) is 10.1 Å². The number of benzene rings is 1. The van der Waals surface area contributed by atoms with Crippen molar-refractivity contribution < 1.29 is 4.39 Å². The van der Waals surface area contributed by atoms with E-state index < -0.39 is 0 Å². The summed E-state index contributed by atoms with van der Waals surface area (Å²) in [4.78, 5) is 2.21. The normalized spacial score (nSPS) is 13.8. The number of anilines is 1. The van der Waals surface area contributed by atoms with Gasteiger partial charge in [-0.15, -0.1) is 5.10 Å². The minimum absolute atomic E-state index is 0.173. The lowest BCUT2D eigenvalue weighted by atomic mass is 10.2. The van der Waals surface area contributed by atoms with Gasteiger partial charge in [0.25, 0.3) is 0 Å². The van der Waals surface area contributed by atoms with Crippen LogP contribution in [0.15, 0.2) is 24.4 Å². The molecule has 1 aromatic heterocycles. The van der Waals surface area contributed by atoms with Crippen LogP contribution < -0.4 is 10.2 Å². The fraction of sp³-hybridized carbons (Fsp3) is 0.429. The monoisotopic (exact) mass is 275 g/mol. The number of hydrogen-bond acceptors (Lipinski definition) is 4. The topological polar surface area (TPSA) is 46.0 Å². The molecule has 2 aromatic rings. The third kappa shape index (κ3) is 2.65. The van der Waals surface area contributed by atoms with Crippen LogP contribution in [-0.4, -0.2) is 35.1 Å². The third-order valence-electron chi connectivity index (χ3n) is 3.58. The van der Waals surface area contributed by atoms with Gasteiger partial charge in [-0.25, -0.2) is 4.39 Å². The average Bonchev–Trinajstić information content (AvgIpc) is 3.03. The van der Waals surface area contributed by atoms with E-state index in [0.717, 1.165) is 44.0 Å². The molecule has 0 radical (unpaired) electrons. The first-order chi connectivity index (χ1) is 9.76. The number of hydrogen-bond donors (Lipinski definition) is 1. The van der Waals surface area contributed by atoms with Crippen LogP contribution in [0.25, 0.3) is 0 Å². The molecular weight excluding hydrogens is 257 g/mol. The zero-order valence-corrected chi connectivity index (χ0v) is 11.5. The summed E-state index contributed by atoms with van der Waals surface area (Å²) >= 11 is 0. The van der Waals surface area contributed by atoms with Gasteiger partial charge in [0.05, 0.1) is 12.2 Å². The van der Waals surface area contributed by atoms with Crippen molar-refractivity contribution in [2.24, 2.45) is 0 Å². The summed E-state index contributed by atoms with van der Waals surface area (Å²) in [7, 11) is 1.88. The Hall–Kier alpha value is -1.95. The van der Waals surface area contributed by atoms with Gasteiger partial charge in [-0.05, 0) is 31.2 Å². The molecule has 5 nitrogen and oxygen atoms in total. The largest absolute Gasteiger partial charge is 0.369 e. The number of nitrogens with one attached hydrogen (secondary N) is 1. The molecule has 0 bridgehead atoms. The lowest BCUT2D eigenvalue weighted by molar-refractivity contribution is 0.579. The number of nitrogens with zero attached hydrogens (tertiary/aromatic N) is 4. The van der Waals surface area contributed by atoms with Crippen molar-refractivity contribution >= 4 is 5.69 Å². The minimum Gasteiger partial charge on any atom is -0.369 e. The van der Waals surface area contributed by atoms with E-state index >= 15 is 0 Å². The molecule has 0 saturated carbocycles. The van der Waals surface area contributed by atoms with Crippen molar-refractivity contribution in [2.75, 3.05) is 25.0 Å². The van der Waals surface area contributed by atoms with Gasteiger partial charge in [0.15, 0.2) is 0 Å². The molecule has 0 unspecified atom stereocenters. The zero-order valence-electron chi connectivity index (χ0n) is 11.5. The van der Waals surface area contributed by atoms with E-state index in [1.54, 1.807) is 6.07 Å². The summed E-state index contributed by atoms with van der Waals surface area (Å²) in [5.74, 6) is -0.173. The van der Waals surface area contributed by atoms with Crippen LogP contribution in [0.3, 0.4) is 0 Å². The van der Waals surface area contributed by atoms with Crippen LogP contribution in [-0.2, 0) is 19.5 Å². The van der Waals surface area contributed by atoms with E-state index in [0.29, 0.717) is 0 Å². The Morgan fingerprint density at radius 3 is 3.10 bits per heavy atom. The molecule has 1 aromatic carbocycles. The van der Waals surface area contributed by atoms with Crippen molar-refractivity contribution in [2.45, 2.75) is 19.5 Å². The van der Waals surface area contributed by atoms with Crippen molar-refractivity contribution in [3.05, 3.63) is 41.5 Å². The van der Waals surface area contributed by atoms with E-state index in [9.17, 15) is 4.39 Å². The highest BCUT2D eigenvalue weighted by atomic mass is 19.1. The predicted octanol–water partition coefficient (Wildman–Crippen LogP) is 1.20. The summed E-state index contributed by atoms with van der Waals surface area (Å²) in [6, 6.07) is 5.03. The number of rotatable bonds is 5. The van der Waals surface area contributed by atoms with Crippen molar-refractivity contribution in [3.63, 3.8) is 0 Å². The predicted molar refractivity (Wildman–Crippen MR) is 75.1 cm³/mol. The van der Waals surface area contributed by atoms with Gasteiger partial charge in [-0.3, -0.25) is 4.68 Å².